The molecular weight excluding hydrogens is 287 g/mol. The van der Waals surface area contributed by atoms with Crippen LogP contribution in [0.2, 0.25) is 10.0 Å². The number of nitrogens with two attached hydrogens (primary N) is 1. The van der Waals surface area contributed by atoms with Gasteiger partial charge in [0.05, 0.1) is 11.3 Å². The first kappa shape index (κ1) is 13.1. The zero-order chi connectivity index (χ0) is 13.1. The van der Waals surface area contributed by atoms with E-state index in [1.807, 2.05) is 6.07 Å². The highest BCUT2D eigenvalue weighted by Gasteiger charge is 2.07. The average molecular weight is 295 g/mol. The van der Waals surface area contributed by atoms with Crippen molar-refractivity contribution < 1.29 is 0 Å². The third-order valence-corrected chi connectivity index (χ3v) is 3.73. The Bertz CT molecular complexity index is 615. The molecule has 0 atom stereocenters. The van der Waals surface area contributed by atoms with Gasteiger partial charge in [0.2, 0.25) is 0 Å². The van der Waals surface area contributed by atoms with Crippen LogP contribution in [0.15, 0.2) is 46.2 Å². The van der Waals surface area contributed by atoms with Gasteiger partial charge in [-0.25, -0.2) is 0 Å². The summed E-state index contributed by atoms with van der Waals surface area (Å²) in [4.78, 5) is 1.70. The van der Waals surface area contributed by atoms with Crippen molar-refractivity contribution in [1.29, 1.82) is 5.26 Å². The van der Waals surface area contributed by atoms with Crippen LogP contribution in [0.1, 0.15) is 5.56 Å². The lowest BCUT2D eigenvalue weighted by Crippen LogP contribution is -1.92. The van der Waals surface area contributed by atoms with Gasteiger partial charge in [-0.05, 0) is 30.3 Å². The number of benzene rings is 2. The summed E-state index contributed by atoms with van der Waals surface area (Å²) in [5.41, 5.74) is 6.85. The molecule has 0 heterocycles. The van der Waals surface area contributed by atoms with Gasteiger partial charge in [0.1, 0.15) is 6.07 Å². The van der Waals surface area contributed by atoms with Crippen LogP contribution in [-0.4, -0.2) is 0 Å². The first-order valence-corrected chi connectivity index (χ1v) is 6.60. The van der Waals surface area contributed by atoms with E-state index < -0.39 is 0 Å². The molecule has 0 aromatic heterocycles. The third kappa shape index (κ3) is 2.91. The molecule has 0 unspecified atom stereocenters. The summed E-state index contributed by atoms with van der Waals surface area (Å²) in [5, 5.41) is 10.1. The highest BCUT2D eigenvalue weighted by Crippen LogP contribution is 2.36. The highest BCUT2D eigenvalue weighted by atomic mass is 35.5. The molecule has 5 heteroatoms. The number of para-hydroxylation sites is 1. The number of nitrogen functional groups attached to an aromatic ring is 1. The van der Waals surface area contributed by atoms with Crippen molar-refractivity contribution in [3.63, 3.8) is 0 Å². The third-order valence-electron chi connectivity index (χ3n) is 2.25. The number of nitrogens with zero attached hydrogens (tertiary/aromatic N) is 1. The van der Waals surface area contributed by atoms with E-state index in [9.17, 15) is 0 Å². The molecule has 0 aliphatic rings. The smallest absolute Gasteiger partial charge is 0.101 e. The molecule has 0 aliphatic heterocycles. The number of hydrogen-bond donors (Lipinski definition) is 1. The molecule has 0 amide bonds. The lowest BCUT2D eigenvalue weighted by molar-refractivity contribution is 1.38. The molecular formula is C13H8Cl2N2S. The van der Waals surface area contributed by atoms with E-state index in [1.165, 1.54) is 11.8 Å². The van der Waals surface area contributed by atoms with Gasteiger partial charge in [0, 0.05) is 19.8 Å². The summed E-state index contributed by atoms with van der Waals surface area (Å²) in [7, 11) is 0. The Kier molecular flexibility index (Phi) is 4.03. The molecule has 2 aromatic rings. The maximum Gasteiger partial charge on any atom is 0.101 e. The van der Waals surface area contributed by atoms with Gasteiger partial charge >= 0.3 is 0 Å². The second-order valence-corrected chi connectivity index (χ2v) is 5.52. The van der Waals surface area contributed by atoms with Crippen LogP contribution in [-0.2, 0) is 0 Å². The van der Waals surface area contributed by atoms with E-state index in [0.717, 1.165) is 9.79 Å². The number of nitriles is 1. The van der Waals surface area contributed by atoms with E-state index in [0.29, 0.717) is 21.3 Å². The lowest BCUT2D eigenvalue weighted by Gasteiger charge is -2.07. The van der Waals surface area contributed by atoms with E-state index in [1.54, 1.807) is 30.3 Å². The van der Waals surface area contributed by atoms with Crippen molar-refractivity contribution in [3.05, 3.63) is 52.0 Å². The molecule has 0 spiro atoms. The topological polar surface area (TPSA) is 49.8 Å². The molecule has 2 aromatic carbocycles. The Morgan fingerprint density at radius 2 is 1.78 bits per heavy atom. The van der Waals surface area contributed by atoms with Crippen molar-refractivity contribution >= 4 is 40.7 Å². The fourth-order valence-electron chi connectivity index (χ4n) is 1.44. The van der Waals surface area contributed by atoms with Crippen molar-refractivity contribution in [3.8, 4) is 6.07 Å². The summed E-state index contributed by atoms with van der Waals surface area (Å²) in [6.45, 7) is 0. The maximum absolute atomic E-state index is 8.92. The van der Waals surface area contributed by atoms with Crippen molar-refractivity contribution in [2.45, 2.75) is 9.79 Å². The monoisotopic (exact) mass is 294 g/mol. The largest absolute Gasteiger partial charge is 0.397 e. The van der Waals surface area contributed by atoms with E-state index in [-0.39, 0.29) is 0 Å². The van der Waals surface area contributed by atoms with Crippen LogP contribution >= 0.6 is 35.0 Å². The fourth-order valence-corrected chi connectivity index (χ4v) is 3.09. The van der Waals surface area contributed by atoms with Crippen LogP contribution in [0, 0.1) is 11.3 Å². The second-order valence-electron chi connectivity index (χ2n) is 3.54. The molecule has 0 radical (unpaired) electrons. The fraction of sp³-hybridized carbons (Fsp3) is 0. The minimum atomic E-state index is 0.466. The molecule has 18 heavy (non-hydrogen) atoms. The van der Waals surface area contributed by atoms with Crippen molar-refractivity contribution in [2.75, 3.05) is 5.73 Å². The Morgan fingerprint density at radius 1 is 1.11 bits per heavy atom. The number of anilines is 1. The Balaban J connectivity index is 2.37. The van der Waals surface area contributed by atoms with Gasteiger partial charge in [-0.15, -0.1) is 0 Å². The summed E-state index contributed by atoms with van der Waals surface area (Å²) in [5.74, 6) is 0. The van der Waals surface area contributed by atoms with Gasteiger partial charge in [-0.1, -0.05) is 41.0 Å². The molecule has 2 nitrogen and oxygen atoms in total. The highest BCUT2D eigenvalue weighted by molar-refractivity contribution is 7.99. The predicted molar refractivity (Wildman–Crippen MR) is 76.2 cm³/mol. The number of rotatable bonds is 2. The zero-order valence-corrected chi connectivity index (χ0v) is 11.5. The minimum absolute atomic E-state index is 0.466. The van der Waals surface area contributed by atoms with Crippen LogP contribution < -0.4 is 5.73 Å². The molecule has 0 aliphatic carbocycles. The number of halogens is 2. The quantitative estimate of drug-likeness (QED) is 0.824. The zero-order valence-electron chi connectivity index (χ0n) is 9.15. The van der Waals surface area contributed by atoms with Crippen LogP contribution in [0.3, 0.4) is 0 Å². The molecule has 0 fully saturated rings. The van der Waals surface area contributed by atoms with Gasteiger partial charge in [0.25, 0.3) is 0 Å². The molecule has 0 bridgehead atoms. The first-order valence-electron chi connectivity index (χ1n) is 5.02. The maximum atomic E-state index is 8.92. The van der Waals surface area contributed by atoms with Crippen molar-refractivity contribution in [1.82, 2.24) is 0 Å². The standard InChI is InChI=1S/C13H8Cl2N2S/c14-9-4-10(15)6-11(5-9)18-12-3-1-2-8(7-16)13(12)17/h1-6H,17H2. The summed E-state index contributed by atoms with van der Waals surface area (Å²) >= 11 is 13.3. The molecule has 90 valence electrons. The Hall–Kier alpha value is -1.34. The molecule has 2 rings (SSSR count). The molecule has 2 N–H and O–H groups in total. The van der Waals surface area contributed by atoms with Gasteiger partial charge < -0.3 is 5.73 Å². The number of hydrogen-bond acceptors (Lipinski definition) is 3. The van der Waals surface area contributed by atoms with Gasteiger partial charge in [-0.2, -0.15) is 5.26 Å². The average Bonchev–Trinajstić information content (AvgIpc) is 2.30. The molecule has 0 saturated carbocycles. The van der Waals surface area contributed by atoms with Crippen LogP contribution in [0.25, 0.3) is 0 Å². The first-order chi connectivity index (χ1) is 8.60. The lowest BCUT2D eigenvalue weighted by atomic mass is 10.2. The van der Waals surface area contributed by atoms with Crippen LogP contribution in [0.5, 0.6) is 0 Å². The molecule has 0 saturated heterocycles. The second kappa shape index (κ2) is 5.53. The van der Waals surface area contributed by atoms with Crippen molar-refractivity contribution in [2.24, 2.45) is 0 Å². The summed E-state index contributed by atoms with van der Waals surface area (Å²) in [6, 6.07) is 12.7. The normalized spacial score (nSPS) is 10.1. The predicted octanol–water partition coefficient (Wildman–Crippen LogP) is 4.60. The van der Waals surface area contributed by atoms with E-state index in [4.69, 9.17) is 34.2 Å². The summed E-state index contributed by atoms with van der Waals surface area (Å²) < 4.78 is 0. The Labute approximate surface area is 119 Å². The Morgan fingerprint density at radius 3 is 2.39 bits per heavy atom. The van der Waals surface area contributed by atoms with E-state index >= 15 is 0 Å². The van der Waals surface area contributed by atoms with Gasteiger partial charge in [0.15, 0.2) is 0 Å². The summed E-state index contributed by atoms with van der Waals surface area (Å²) in [6.07, 6.45) is 0. The SMILES string of the molecule is N#Cc1cccc(Sc2cc(Cl)cc(Cl)c2)c1N. The minimum Gasteiger partial charge on any atom is -0.397 e. The van der Waals surface area contributed by atoms with E-state index in [2.05, 4.69) is 6.07 Å². The van der Waals surface area contributed by atoms with Crippen LogP contribution in [0.4, 0.5) is 5.69 Å². The van der Waals surface area contributed by atoms with Gasteiger partial charge in [-0.3, -0.25) is 0 Å².